The number of benzene rings is 1. The molecule has 96 valence electrons. The normalized spacial score (nSPS) is 17.4. The van der Waals surface area contributed by atoms with Gasteiger partial charge in [-0.3, -0.25) is 0 Å². The van der Waals surface area contributed by atoms with Gasteiger partial charge in [-0.2, -0.15) is 0 Å². The highest BCUT2D eigenvalue weighted by Crippen LogP contribution is 2.29. The fourth-order valence-electron chi connectivity index (χ4n) is 2.43. The fourth-order valence-corrected chi connectivity index (χ4v) is 3.13. The summed E-state index contributed by atoms with van der Waals surface area (Å²) in [6.45, 7) is 1.47. The second-order valence-electron chi connectivity index (χ2n) is 4.43. The molecule has 2 aromatic rings. The number of imidazole rings is 1. The third kappa shape index (κ3) is 2.02. The second kappa shape index (κ2) is 4.75. The van der Waals surface area contributed by atoms with E-state index in [9.17, 15) is 4.39 Å². The van der Waals surface area contributed by atoms with Crippen molar-refractivity contribution < 1.29 is 9.13 Å². The minimum absolute atomic E-state index is 0.266. The molecule has 0 bridgehead atoms. The lowest BCUT2D eigenvalue weighted by Gasteiger charge is -2.24. The monoisotopic (exact) mass is 330 g/mol. The van der Waals surface area contributed by atoms with E-state index in [4.69, 9.17) is 17.0 Å². The van der Waals surface area contributed by atoms with E-state index in [1.165, 1.54) is 6.07 Å². The highest BCUT2D eigenvalue weighted by atomic mass is 79.9. The Balaban J connectivity index is 2.18. The van der Waals surface area contributed by atoms with Crippen molar-refractivity contribution in [3.63, 3.8) is 0 Å². The van der Waals surface area contributed by atoms with E-state index in [1.54, 1.807) is 6.07 Å². The van der Waals surface area contributed by atoms with Crippen molar-refractivity contribution >= 4 is 39.2 Å². The highest BCUT2D eigenvalue weighted by molar-refractivity contribution is 9.10. The molecule has 1 saturated heterocycles. The first-order chi connectivity index (χ1) is 8.66. The van der Waals surface area contributed by atoms with Gasteiger partial charge in [0.25, 0.3) is 0 Å². The summed E-state index contributed by atoms with van der Waals surface area (Å²) in [5.41, 5.74) is 1.69. The number of nitrogens with zero attached hydrogens (tertiary/aromatic N) is 1. The molecular weight excluding hydrogens is 319 g/mol. The van der Waals surface area contributed by atoms with Crippen molar-refractivity contribution in [2.75, 3.05) is 13.2 Å². The number of ether oxygens (including phenoxy) is 1. The predicted octanol–water partition coefficient (Wildman–Crippen LogP) is 3.95. The number of rotatable bonds is 1. The van der Waals surface area contributed by atoms with Gasteiger partial charge in [0, 0.05) is 25.3 Å². The molecule has 18 heavy (non-hydrogen) atoms. The summed E-state index contributed by atoms with van der Waals surface area (Å²) >= 11 is 8.54. The maximum Gasteiger partial charge on any atom is 0.178 e. The summed E-state index contributed by atoms with van der Waals surface area (Å²) in [4.78, 5) is 3.13. The Kier molecular flexibility index (Phi) is 3.25. The van der Waals surface area contributed by atoms with E-state index in [2.05, 4.69) is 20.9 Å². The summed E-state index contributed by atoms with van der Waals surface area (Å²) in [6.07, 6.45) is 1.83. The Hall–Kier alpha value is -0.720. The van der Waals surface area contributed by atoms with Crippen LogP contribution in [0.25, 0.3) is 11.0 Å². The van der Waals surface area contributed by atoms with E-state index >= 15 is 0 Å². The molecule has 1 aliphatic heterocycles. The molecule has 1 aliphatic rings. The van der Waals surface area contributed by atoms with Crippen LogP contribution in [0, 0.1) is 10.6 Å². The number of halogens is 2. The largest absolute Gasteiger partial charge is 0.381 e. The van der Waals surface area contributed by atoms with Crippen LogP contribution in [0.3, 0.4) is 0 Å². The van der Waals surface area contributed by atoms with Crippen LogP contribution in [-0.2, 0) is 4.74 Å². The lowest BCUT2D eigenvalue weighted by Crippen LogP contribution is -2.19. The number of hydrogen-bond donors (Lipinski definition) is 1. The van der Waals surface area contributed by atoms with Crippen molar-refractivity contribution in [3.05, 3.63) is 27.2 Å². The van der Waals surface area contributed by atoms with Crippen LogP contribution in [0.1, 0.15) is 18.9 Å². The van der Waals surface area contributed by atoms with E-state index in [0.29, 0.717) is 15.3 Å². The minimum Gasteiger partial charge on any atom is -0.381 e. The van der Waals surface area contributed by atoms with Crippen LogP contribution in [0.15, 0.2) is 16.6 Å². The third-order valence-corrected chi connectivity index (χ3v) is 4.22. The third-order valence-electron chi connectivity index (χ3n) is 3.31. The molecule has 1 fully saturated rings. The van der Waals surface area contributed by atoms with Crippen LogP contribution in [0.5, 0.6) is 0 Å². The highest BCUT2D eigenvalue weighted by Gasteiger charge is 2.19. The van der Waals surface area contributed by atoms with Crippen LogP contribution < -0.4 is 0 Å². The van der Waals surface area contributed by atoms with Gasteiger partial charge in [-0.25, -0.2) is 4.39 Å². The summed E-state index contributed by atoms with van der Waals surface area (Å²) < 4.78 is 22.1. The quantitative estimate of drug-likeness (QED) is 0.802. The molecule has 0 unspecified atom stereocenters. The SMILES string of the molecule is Fc1cc2c(cc1Br)[nH]c(=S)n2C1CCOCC1. The topological polar surface area (TPSA) is 29.9 Å². The molecule has 0 atom stereocenters. The van der Waals surface area contributed by atoms with Gasteiger partial charge in [0.2, 0.25) is 0 Å². The van der Waals surface area contributed by atoms with Crippen LogP contribution in [-0.4, -0.2) is 22.8 Å². The first kappa shape index (κ1) is 12.3. The number of H-pyrrole nitrogens is 1. The molecule has 1 N–H and O–H groups in total. The van der Waals surface area contributed by atoms with Gasteiger partial charge in [-0.05, 0) is 47.1 Å². The van der Waals surface area contributed by atoms with Gasteiger partial charge in [0.1, 0.15) is 5.82 Å². The summed E-state index contributed by atoms with van der Waals surface area (Å²) in [5.74, 6) is -0.266. The Bertz CT molecular complexity index is 645. The molecular formula is C12H12BrFN2OS. The molecule has 3 nitrogen and oxygen atoms in total. The maximum absolute atomic E-state index is 13.7. The van der Waals surface area contributed by atoms with Crippen molar-refractivity contribution in [3.8, 4) is 0 Å². The van der Waals surface area contributed by atoms with Crippen molar-refractivity contribution in [2.45, 2.75) is 18.9 Å². The van der Waals surface area contributed by atoms with Crippen LogP contribution in [0.4, 0.5) is 4.39 Å². The summed E-state index contributed by atoms with van der Waals surface area (Å²) in [7, 11) is 0. The van der Waals surface area contributed by atoms with Gasteiger partial charge in [-0.15, -0.1) is 0 Å². The Morgan fingerprint density at radius 2 is 2.11 bits per heavy atom. The van der Waals surface area contributed by atoms with Crippen molar-refractivity contribution in [1.29, 1.82) is 0 Å². The molecule has 2 heterocycles. The smallest absolute Gasteiger partial charge is 0.178 e. The Morgan fingerprint density at radius 1 is 1.39 bits per heavy atom. The number of fused-ring (bicyclic) bond motifs is 1. The zero-order valence-electron chi connectivity index (χ0n) is 9.58. The van der Waals surface area contributed by atoms with Gasteiger partial charge < -0.3 is 14.3 Å². The molecule has 1 aromatic heterocycles. The zero-order valence-corrected chi connectivity index (χ0v) is 12.0. The van der Waals surface area contributed by atoms with E-state index in [-0.39, 0.29) is 5.82 Å². The fraction of sp³-hybridized carbons (Fsp3) is 0.417. The molecule has 6 heteroatoms. The lowest BCUT2D eigenvalue weighted by molar-refractivity contribution is 0.0702. The standard InChI is InChI=1S/C12H12BrFN2OS/c13-8-5-10-11(6-9(8)14)16(12(18)15-10)7-1-3-17-4-2-7/h5-7H,1-4H2,(H,15,18). The first-order valence-electron chi connectivity index (χ1n) is 5.84. The van der Waals surface area contributed by atoms with E-state index < -0.39 is 0 Å². The summed E-state index contributed by atoms with van der Waals surface area (Å²) in [5, 5.41) is 0. The number of aromatic amines is 1. The Labute approximate surface area is 117 Å². The van der Waals surface area contributed by atoms with Crippen LogP contribution in [0.2, 0.25) is 0 Å². The molecule has 0 amide bonds. The van der Waals surface area contributed by atoms with Crippen LogP contribution >= 0.6 is 28.1 Å². The van der Waals surface area contributed by atoms with E-state index in [1.807, 2.05) is 4.57 Å². The van der Waals surface area contributed by atoms with Gasteiger partial charge in [-0.1, -0.05) is 0 Å². The molecule has 0 radical (unpaired) electrons. The van der Waals surface area contributed by atoms with Gasteiger partial charge in [0.15, 0.2) is 4.77 Å². The molecule has 0 spiro atoms. The summed E-state index contributed by atoms with van der Waals surface area (Å²) in [6, 6.07) is 3.55. The van der Waals surface area contributed by atoms with Gasteiger partial charge in [0.05, 0.1) is 15.5 Å². The molecule has 1 aromatic carbocycles. The predicted molar refractivity (Wildman–Crippen MR) is 73.9 cm³/mol. The number of nitrogens with one attached hydrogen (secondary N) is 1. The number of hydrogen-bond acceptors (Lipinski definition) is 2. The lowest BCUT2D eigenvalue weighted by atomic mass is 10.1. The zero-order chi connectivity index (χ0) is 12.7. The second-order valence-corrected chi connectivity index (χ2v) is 5.67. The Morgan fingerprint density at radius 3 is 2.83 bits per heavy atom. The van der Waals surface area contributed by atoms with E-state index in [0.717, 1.165) is 37.1 Å². The van der Waals surface area contributed by atoms with Crippen molar-refractivity contribution in [1.82, 2.24) is 9.55 Å². The molecule has 3 rings (SSSR count). The average molecular weight is 331 g/mol. The van der Waals surface area contributed by atoms with Crippen molar-refractivity contribution in [2.24, 2.45) is 0 Å². The first-order valence-corrected chi connectivity index (χ1v) is 7.04. The molecule has 0 aliphatic carbocycles. The number of aromatic nitrogens is 2. The maximum atomic E-state index is 13.7. The molecule has 0 saturated carbocycles. The average Bonchev–Trinajstić information content (AvgIpc) is 2.66. The minimum atomic E-state index is -0.266. The van der Waals surface area contributed by atoms with Gasteiger partial charge >= 0.3 is 0 Å².